The van der Waals surface area contributed by atoms with Crippen LogP contribution in [0.5, 0.6) is 11.6 Å². The van der Waals surface area contributed by atoms with Gasteiger partial charge in [0.15, 0.2) is 0 Å². The van der Waals surface area contributed by atoms with Gasteiger partial charge in [-0.1, -0.05) is 32.9 Å². The number of benzene rings is 1. The van der Waals surface area contributed by atoms with E-state index >= 15 is 0 Å². The molecule has 1 aromatic heterocycles. The molecule has 0 fully saturated rings. The minimum atomic E-state index is -0.0555. The molecule has 0 spiro atoms. The summed E-state index contributed by atoms with van der Waals surface area (Å²) in [5.41, 5.74) is 7.25. The lowest BCUT2D eigenvalue weighted by molar-refractivity contribution is 0.458. The zero-order valence-electron chi connectivity index (χ0n) is 12.0. The Hall–Kier alpha value is -2.36. The molecule has 0 saturated carbocycles. The molecule has 0 aliphatic rings. The number of ether oxygens (including phenoxy) is 1. The first-order valence-corrected chi connectivity index (χ1v) is 6.46. The lowest BCUT2D eigenvalue weighted by Crippen LogP contribution is -2.13. The first-order chi connectivity index (χ1) is 9.38. The molecule has 0 atom stereocenters. The van der Waals surface area contributed by atoms with Gasteiger partial charge in [-0.3, -0.25) is 5.41 Å². The number of nitrogens with one attached hydrogen (secondary N) is 1. The summed E-state index contributed by atoms with van der Waals surface area (Å²) in [6, 6.07) is 11.3. The molecule has 3 N–H and O–H groups in total. The molecule has 2 rings (SSSR count). The zero-order valence-corrected chi connectivity index (χ0v) is 12.0. The Morgan fingerprint density at radius 1 is 1.20 bits per heavy atom. The predicted octanol–water partition coefficient (Wildman–Crippen LogP) is 3.46. The second-order valence-corrected chi connectivity index (χ2v) is 5.65. The first kappa shape index (κ1) is 14.1. The van der Waals surface area contributed by atoms with Crippen molar-refractivity contribution in [3.05, 3.63) is 53.7 Å². The fourth-order valence-electron chi connectivity index (χ4n) is 1.81. The fraction of sp³-hybridized carbons (Fsp3) is 0.250. The molecule has 20 heavy (non-hydrogen) atoms. The third kappa shape index (κ3) is 3.15. The van der Waals surface area contributed by atoms with Crippen LogP contribution in [0.3, 0.4) is 0 Å². The Kier molecular flexibility index (Phi) is 3.74. The van der Waals surface area contributed by atoms with Crippen molar-refractivity contribution >= 4 is 5.84 Å². The Balaban J connectivity index is 2.34. The summed E-state index contributed by atoms with van der Waals surface area (Å²) in [6.07, 6.45) is 1.62. The number of nitrogens with two attached hydrogens (primary N) is 1. The van der Waals surface area contributed by atoms with Crippen LogP contribution in [-0.4, -0.2) is 10.8 Å². The third-order valence-electron chi connectivity index (χ3n) is 2.98. The van der Waals surface area contributed by atoms with E-state index in [2.05, 4.69) is 31.8 Å². The van der Waals surface area contributed by atoms with Crippen molar-refractivity contribution in [1.29, 1.82) is 5.41 Å². The van der Waals surface area contributed by atoms with Crippen LogP contribution >= 0.6 is 0 Å². The molecular formula is C16H19N3O. The highest BCUT2D eigenvalue weighted by Crippen LogP contribution is 2.28. The molecule has 0 bridgehead atoms. The number of rotatable bonds is 3. The summed E-state index contributed by atoms with van der Waals surface area (Å²) < 4.78 is 5.77. The molecule has 104 valence electrons. The molecule has 4 nitrogen and oxygen atoms in total. The maximum Gasteiger partial charge on any atom is 0.230 e. The van der Waals surface area contributed by atoms with Gasteiger partial charge in [-0.2, -0.15) is 0 Å². The van der Waals surface area contributed by atoms with Crippen molar-refractivity contribution in [3.63, 3.8) is 0 Å². The highest BCUT2D eigenvalue weighted by atomic mass is 16.5. The molecule has 0 unspecified atom stereocenters. The van der Waals surface area contributed by atoms with Crippen LogP contribution in [0.25, 0.3) is 0 Å². The van der Waals surface area contributed by atoms with Crippen LogP contribution in [0.1, 0.15) is 31.9 Å². The van der Waals surface area contributed by atoms with Gasteiger partial charge in [-0.05, 0) is 35.2 Å². The number of nitrogen functional groups attached to an aromatic ring is 1. The Labute approximate surface area is 119 Å². The maximum absolute atomic E-state index is 7.54. The van der Waals surface area contributed by atoms with Crippen molar-refractivity contribution in [3.8, 4) is 11.6 Å². The fourth-order valence-corrected chi connectivity index (χ4v) is 1.81. The van der Waals surface area contributed by atoms with E-state index in [9.17, 15) is 0 Å². The average molecular weight is 269 g/mol. The van der Waals surface area contributed by atoms with Gasteiger partial charge < -0.3 is 10.5 Å². The zero-order chi connectivity index (χ0) is 14.8. The number of hydrogen-bond donors (Lipinski definition) is 2. The lowest BCUT2D eigenvalue weighted by Gasteiger charge is -2.19. The van der Waals surface area contributed by atoms with E-state index in [0.29, 0.717) is 17.2 Å². The highest BCUT2D eigenvalue weighted by Gasteiger charge is 2.15. The quantitative estimate of drug-likeness (QED) is 0.662. The van der Waals surface area contributed by atoms with E-state index in [-0.39, 0.29) is 11.3 Å². The van der Waals surface area contributed by atoms with E-state index in [1.807, 2.05) is 18.2 Å². The molecule has 0 amide bonds. The summed E-state index contributed by atoms with van der Waals surface area (Å²) in [4.78, 5) is 4.14. The van der Waals surface area contributed by atoms with Gasteiger partial charge in [-0.25, -0.2) is 4.98 Å². The van der Waals surface area contributed by atoms with Gasteiger partial charge in [0.1, 0.15) is 11.6 Å². The SMILES string of the molecule is CC(C)(C)c1cccc(Oc2ncccc2C(=N)N)c1. The standard InChI is InChI=1S/C16H19N3O/c1-16(2,3)11-6-4-7-12(10-11)20-15-13(14(17)18)8-5-9-19-15/h4-10H,1-3H3,(H3,17,18). The van der Waals surface area contributed by atoms with Crippen molar-refractivity contribution in [2.75, 3.05) is 0 Å². The topological polar surface area (TPSA) is 72.0 Å². The predicted molar refractivity (Wildman–Crippen MR) is 80.5 cm³/mol. The van der Waals surface area contributed by atoms with Crippen molar-refractivity contribution in [1.82, 2.24) is 4.98 Å². The number of nitrogens with zero attached hydrogens (tertiary/aromatic N) is 1. The maximum atomic E-state index is 7.54. The lowest BCUT2D eigenvalue weighted by atomic mass is 9.87. The monoisotopic (exact) mass is 269 g/mol. The largest absolute Gasteiger partial charge is 0.438 e. The molecule has 0 radical (unpaired) electrons. The average Bonchev–Trinajstić information content (AvgIpc) is 2.38. The smallest absolute Gasteiger partial charge is 0.230 e. The molecule has 0 saturated heterocycles. The Bertz CT molecular complexity index is 630. The number of pyridine rings is 1. The highest BCUT2D eigenvalue weighted by molar-refractivity contribution is 5.97. The second-order valence-electron chi connectivity index (χ2n) is 5.65. The summed E-state index contributed by atoms with van der Waals surface area (Å²) in [7, 11) is 0. The molecular weight excluding hydrogens is 250 g/mol. The molecule has 0 aliphatic carbocycles. The third-order valence-corrected chi connectivity index (χ3v) is 2.98. The van der Waals surface area contributed by atoms with Crippen molar-refractivity contribution < 1.29 is 4.74 Å². The van der Waals surface area contributed by atoms with Crippen LogP contribution in [0.4, 0.5) is 0 Å². The number of hydrogen-bond acceptors (Lipinski definition) is 3. The van der Waals surface area contributed by atoms with E-state index in [1.165, 1.54) is 5.56 Å². The minimum absolute atomic E-state index is 0.0485. The van der Waals surface area contributed by atoms with Gasteiger partial charge in [0.05, 0.1) is 5.56 Å². The van der Waals surface area contributed by atoms with Crippen LogP contribution in [-0.2, 0) is 5.41 Å². The Morgan fingerprint density at radius 3 is 2.60 bits per heavy atom. The number of aromatic nitrogens is 1. The van der Waals surface area contributed by atoms with Gasteiger partial charge >= 0.3 is 0 Å². The summed E-state index contributed by atoms with van der Waals surface area (Å²) in [6.45, 7) is 6.44. The van der Waals surface area contributed by atoms with Crippen molar-refractivity contribution in [2.45, 2.75) is 26.2 Å². The minimum Gasteiger partial charge on any atom is -0.438 e. The second kappa shape index (κ2) is 5.33. The van der Waals surface area contributed by atoms with Gasteiger partial charge in [0.25, 0.3) is 0 Å². The molecule has 4 heteroatoms. The van der Waals surface area contributed by atoms with Crippen LogP contribution in [0, 0.1) is 5.41 Å². The van der Waals surface area contributed by atoms with Gasteiger partial charge in [0, 0.05) is 6.20 Å². The van der Waals surface area contributed by atoms with E-state index in [1.54, 1.807) is 18.3 Å². The van der Waals surface area contributed by atoms with E-state index < -0.39 is 0 Å². The van der Waals surface area contributed by atoms with E-state index in [0.717, 1.165) is 0 Å². The van der Waals surface area contributed by atoms with E-state index in [4.69, 9.17) is 15.9 Å². The van der Waals surface area contributed by atoms with Crippen LogP contribution < -0.4 is 10.5 Å². The van der Waals surface area contributed by atoms with Gasteiger partial charge in [-0.15, -0.1) is 0 Å². The van der Waals surface area contributed by atoms with Gasteiger partial charge in [0.2, 0.25) is 5.88 Å². The molecule has 0 aliphatic heterocycles. The number of amidine groups is 1. The summed E-state index contributed by atoms with van der Waals surface area (Å²) in [5, 5.41) is 7.54. The van der Waals surface area contributed by atoms with Crippen molar-refractivity contribution in [2.24, 2.45) is 5.73 Å². The summed E-state index contributed by atoms with van der Waals surface area (Å²) in [5.74, 6) is 0.991. The molecule has 1 aromatic carbocycles. The van der Waals surface area contributed by atoms with Crippen LogP contribution in [0.15, 0.2) is 42.6 Å². The van der Waals surface area contributed by atoms with Crippen LogP contribution in [0.2, 0.25) is 0 Å². The Morgan fingerprint density at radius 2 is 1.95 bits per heavy atom. The normalized spacial score (nSPS) is 11.2. The molecule has 2 aromatic rings. The molecule has 1 heterocycles. The first-order valence-electron chi connectivity index (χ1n) is 6.46. The summed E-state index contributed by atoms with van der Waals surface area (Å²) >= 11 is 0.